The molecule has 0 spiro atoms. The molecule has 1 rings (SSSR count). The van der Waals surface area contributed by atoms with Crippen molar-refractivity contribution in [1.82, 2.24) is 4.98 Å². The van der Waals surface area contributed by atoms with Crippen molar-refractivity contribution in [2.24, 2.45) is 0 Å². The van der Waals surface area contributed by atoms with E-state index in [1.807, 2.05) is 0 Å². The molecule has 0 bridgehead atoms. The fourth-order valence-corrected chi connectivity index (χ4v) is 2.06. The topological polar surface area (TPSA) is 47.0 Å². The predicted molar refractivity (Wildman–Crippen MR) is 47.0 cm³/mol. The van der Waals surface area contributed by atoms with Gasteiger partial charge in [-0.1, -0.05) is 0 Å². The lowest BCUT2D eigenvalue weighted by Gasteiger charge is -2.08. The molecule has 0 amide bonds. The summed E-state index contributed by atoms with van der Waals surface area (Å²) >= 11 is 0. The number of pyridine rings is 1. The maximum atomic E-state index is 12.2. The second kappa shape index (κ2) is 3.64. The van der Waals surface area contributed by atoms with Crippen molar-refractivity contribution in [1.29, 1.82) is 0 Å². The zero-order valence-electron chi connectivity index (χ0n) is 7.34. The highest BCUT2D eigenvalue weighted by Gasteiger charge is 2.32. The van der Waals surface area contributed by atoms with Crippen LogP contribution in [-0.2, 0) is 15.2 Å². The summed E-state index contributed by atoms with van der Waals surface area (Å²) in [6.07, 6.45) is -4.09. The molecule has 0 aliphatic heterocycles. The van der Waals surface area contributed by atoms with E-state index in [4.69, 9.17) is 10.7 Å². The normalized spacial score (nSPS) is 12.9. The van der Waals surface area contributed by atoms with E-state index in [1.54, 1.807) is 0 Å². The van der Waals surface area contributed by atoms with Gasteiger partial charge < -0.3 is 0 Å². The zero-order chi connectivity index (χ0) is 11.9. The van der Waals surface area contributed by atoms with Crippen molar-refractivity contribution < 1.29 is 21.6 Å². The van der Waals surface area contributed by atoms with E-state index in [0.717, 1.165) is 0 Å². The first-order chi connectivity index (χ1) is 6.62. The number of aryl methyl sites for hydroxylation is 1. The summed E-state index contributed by atoms with van der Waals surface area (Å²) in [4.78, 5) is 2.70. The molecule has 0 unspecified atom stereocenters. The van der Waals surface area contributed by atoms with Gasteiger partial charge in [-0.2, -0.15) is 13.2 Å². The van der Waals surface area contributed by atoms with Gasteiger partial charge in [0.2, 0.25) is 0 Å². The molecule has 0 radical (unpaired) electrons. The molecule has 0 saturated heterocycles. The Labute approximate surface area is 88.3 Å². The molecule has 3 nitrogen and oxygen atoms in total. The fourth-order valence-electron chi connectivity index (χ4n) is 0.915. The molecule has 0 fully saturated rings. The van der Waals surface area contributed by atoms with Gasteiger partial charge in [0.25, 0.3) is 9.05 Å². The Morgan fingerprint density at radius 1 is 1.40 bits per heavy atom. The molecule has 1 aromatic rings. The van der Waals surface area contributed by atoms with E-state index in [0.29, 0.717) is 12.3 Å². The molecule has 84 valence electrons. The maximum absolute atomic E-state index is 12.2. The minimum Gasteiger partial charge on any atom is -0.260 e. The molecule has 1 aromatic heterocycles. The summed E-state index contributed by atoms with van der Waals surface area (Å²) in [6.45, 7) is 1.26. The van der Waals surface area contributed by atoms with Crippen molar-refractivity contribution in [3.63, 3.8) is 0 Å². The Morgan fingerprint density at radius 2 is 1.93 bits per heavy atom. The van der Waals surface area contributed by atoms with E-state index < -0.39 is 25.7 Å². The van der Waals surface area contributed by atoms with Crippen LogP contribution >= 0.6 is 10.7 Å². The summed E-state index contributed by atoms with van der Waals surface area (Å²) < 4.78 is 58.4. The van der Waals surface area contributed by atoms with E-state index in [1.165, 1.54) is 6.92 Å². The quantitative estimate of drug-likeness (QED) is 0.727. The van der Waals surface area contributed by atoms with Crippen LogP contribution in [0.5, 0.6) is 0 Å². The minimum atomic E-state index is -4.64. The molecule has 8 heteroatoms. The number of aromatic nitrogens is 1. The smallest absolute Gasteiger partial charge is 0.260 e. The monoisotopic (exact) mass is 259 g/mol. The second-order valence-corrected chi connectivity index (χ2v) is 5.28. The summed E-state index contributed by atoms with van der Waals surface area (Å²) in [5.74, 6) is 0. The standard InChI is InChI=1S/C7H5ClF3NO2S/c1-4-6(15(8,13)14)2-5(3-12-4)7(9,10)11/h2-3H,1H3. The molecule has 15 heavy (non-hydrogen) atoms. The molecule has 0 aliphatic rings. The van der Waals surface area contributed by atoms with Crippen LogP contribution < -0.4 is 0 Å². The van der Waals surface area contributed by atoms with Gasteiger partial charge in [-0.05, 0) is 13.0 Å². The van der Waals surface area contributed by atoms with Gasteiger partial charge in [0.05, 0.1) is 11.3 Å². The molecule has 0 aliphatic carbocycles. The Bertz CT molecular complexity index is 483. The third-order valence-electron chi connectivity index (χ3n) is 1.63. The number of hydrogen-bond acceptors (Lipinski definition) is 3. The van der Waals surface area contributed by atoms with E-state index in [-0.39, 0.29) is 5.69 Å². The Kier molecular flexibility index (Phi) is 2.97. The van der Waals surface area contributed by atoms with E-state index in [2.05, 4.69) is 4.98 Å². The number of nitrogens with zero attached hydrogens (tertiary/aromatic N) is 1. The first-order valence-corrected chi connectivity index (χ1v) is 5.92. The lowest BCUT2D eigenvalue weighted by molar-refractivity contribution is -0.138. The fraction of sp³-hybridized carbons (Fsp3) is 0.286. The Hall–Kier alpha value is -0.820. The van der Waals surface area contributed by atoms with Gasteiger partial charge in [-0.3, -0.25) is 4.98 Å². The van der Waals surface area contributed by atoms with Crippen LogP contribution in [0.1, 0.15) is 11.3 Å². The number of halogens is 4. The molecule has 0 N–H and O–H groups in total. The Balaban J connectivity index is 3.43. The van der Waals surface area contributed by atoms with Crippen molar-refractivity contribution in [2.45, 2.75) is 18.0 Å². The summed E-state index contributed by atoms with van der Waals surface area (Å²) in [5.41, 5.74) is -1.22. The first-order valence-electron chi connectivity index (χ1n) is 3.61. The number of alkyl halides is 3. The van der Waals surface area contributed by atoms with E-state index in [9.17, 15) is 21.6 Å². The molecule has 0 aromatic carbocycles. The van der Waals surface area contributed by atoms with Gasteiger partial charge in [0, 0.05) is 16.9 Å². The van der Waals surface area contributed by atoms with Crippen molar-refractivity contribution >= 4 is 19.7 Å². The zero-order valence-corrected chi connectivity index (χ0v) is 8.91. The Morgan fingerprint density at radius 3 is 2.33 bits per heavy atom. The highest BCUT2D eigenvalue weighted by molar-refractivity contribution is 8.13. The third kappa shape index (κ3) is 2.82. The van der Waals surface area contributed by atoms with Gasteiger partial charge >= 0.3 is 6.18 Å². The lowest BCUT2D eigenvalue weighted by Crippen LogP contribution is -2.08. The van der Waals surface area contributed by atoms with Gasteiger partial charge in [0.15, 0.2) is 0 Å². The van der Waals surface area contributed by atoms with Gasteiger partial charge in [0.1, 0.15) is 4.90 Å². The average Bonchev–Trinajstić information content (AvgIpc) is 2.00. The summed E-state index contributed by atoms with van der Waals surface area (Å²) in [7, 11) is 0.744. The lowest BCUT2D eigenvalue weighted by atomic mass is 10.2. The van der Waals surface area contributed by atoms with Crippen LogP contribution in [0.2, 0.25) is 0 Å². The van der Waals surface area contributed by atoms with E-state index >= 15 is 0 Å². The van der Waals surface area contributed by atoms with Gasteiger partial charge in [-0.25, -0.2) is 8.42 Å². The van der Waals surface area contributed by atoms with Crippen molar-refractivity contribution in [3.05, 3.63) is 23.5 Å². The minimum absolute atomic E-state index is 0.0713. The van der Waals surface area contributed by atoms with Crippen LogP contribution in [0.4, 0.5) is 13.2 Å². The molecule has 0 atom stereocenters. The molecule has 1 heterocycles. The summed E-state index contributed by atoms with van der Waals surface area (Å²) in [5, 5.41) is 0. The largest absolute Gasteiger partial charge is 0.417 e. The summed E-state index contributed by atoms with van der Waals surface area (Å²) in [6, 6.07) is 0.463. The molecular formula is C7H5ClF3NO2S. The van der Waals surface area contributed by atoms with Crippen molar-refractivity contribution in [3.8, 4) is 0 Å². The van der Waals surface area contributed by atoms with Crippen LogP contribution in [0.15, 0.2) is 17.2 Å². The maximum Gasteiger partial charge on any atom is 0.417 e. The predicted octanol–water partition coefficient (Wildman–Crippen LogP) is 2.34. The molecule has 0 saturated carbocycles. The first kappa shape index (κ1) is 12.3. The van der Waals surface area contributed by atoms with Crippen LogP contribution in [0.3, 0.4) is 0 Å². The van der Waals surface area contributed by atoms with Gasteiger partial charge in [-0.15, -0.1) is 0 Å². The second-order valence-electron chi connectivity index (χ2n) is 2.74. The average molecular weight is 260 g/mol. The van der Waals surface area contributed by atoms with Crippen LogP contribution in [-0.4, -0.2) is 13.4 Å². The highest BCUT2D eigenvalue weighted by Crippen LogP contribution is 2.31. The van der Waals surface area contributed by atoms with Crippen LogP contribution in [0, 0.1) is 6.92 Å². The highest BCUT2D eigenvalue weighted by atomic mass is 35.7. The number of hydrogen-bond donors (Lipinski definition) is 0. The van der Waals surface area contributed by atoms with Crippen molar-refractivity contribution in [2.75, 3.05) is 0 Å². The number of rotatable bonds is 1. The molecular weight excluding hydrogens is 255 g/mol. The third-order valence-corrected chi connectivity index (χ3v) is 3.07. The van der Waals surface area contributed by atoms with Crippen LogP contribution in [0.25, 0.3) is 0 Å². The SMILES string of the molecule is Cc1ncc(C(F)(F)F)cc1S(=O)(=O)Cl.